The quantitative estimate of drug-likeness (QED) is 0.527. The summed E-state index contributed by atoms with van der Waals surface area (Å²) in [6.07, 6.45) is 9.44. The van der Waals surface area contributed by atoms with E-state index in [0.717, 1.165) is 67.8 Å². The van der Waals surface area contributed by atoms with Crippen molar-refractivity contribution < 1.29 is 14.3 Å². The molecule has 1 amide bonds. The second-order valence-electron chi connectivity index (χ2n) is 12.8. The van der Waals surface area contributed by atoms with Gasteiger partial charge in [-0.25, -0.2) is 14.8 Å². The Morgan fingerprint density at radius 3 is 2.47 bits per heavy atom. The minimum atomic E-state index is -0.492. The molecule has 3 aliphatic rings. The van der Waals surface area contributed by atoms with Crippen LogP contribution in [-0.2, 0) is 16.6 Å². The van der Waals surface area contributed by atoms with E-state index in [0.29, 0.717) is 5.82 Å². The maximum absolute atomic E-state index is 12.2. The van der Waals surface area contributed by atoms with Gasteiger partial charge in [-0.3, -0.25) is 0 Å². The average Bonchev–Trinajstić information content (AvgIpc) is 2.84. The number of aromatic nitrogens is 2. The molecule has 1 saturated heterocycles. The normalized spacial score (nSPS) is 22.7. The molecule has 1 aromatic carbocycles. The summed E-state index contributed by atoms with van der Waals surface area (Å²) < 4.78 is 12.2. The largest absolute Gasteiger partial charge is 0.488 e. The number of carbonyl (C=O) groups is 1. The zero-order chi connectivity index (χ0) is 27.1. The number of hydrogen-bond donors (Lipinski definition) is 2. The number of nitrogen functional groups attached to an aromatic ring is 1. The average molecular weight is 522 g/mol. The number of hydrogen-bond acceptors (Lipinski definition) is 7. The first-order valence-electron chi connectivity index (χ1n) is 14.2. The number of nitrogens with two attached hydrogens (primary N) is 1. The van der Waals surface area contributed by atoms with Gasteiger partial charge in [0.2, 0.25) is 0 Å². The van der Waals surface area contributed by atoms with Crippen molar-refractivity contribution in [3.8, 4) is 17.0 Å². The van der Waals surface area contributed by atoms with E-state index in [1.54, 1.807) is 6.33 Å². The van der Waals surface area contributed by atoms with Crippen LogP contribution in [0.3, 0.4) is 0 Å². The highest BCUT2D eigenvalue weighted by Crippen LogP contribution is 2.50. The number of alkyl carbamates (subject to hydrolysis) is 1. The van der Waals surface area contributed by atoms with Crippen LogP contribution in [0.4, 0.5) is 16.3 Å². The third kappa shape index (κ3) is 5.54. The SMILES string of the molecule is CC(C)(C)OC(=O)NC1CCC(Oc2ccc3c(c2N2CCCCC2)CC(C)(C)c2c(N)ncnc2-3)CC1. The van der Waals surface area contributed by atoms with Gasteiger partial charge in [0.1, 0.15) is 23.5 Å². The van der Waals surface area contributed by atoms with Crippen LogP contribution < -0.4 is 20.7 Å². The Morgan fingerprint density at radius 2 is 1.79 bits per heavy atom. The van der Waals surface area contributed by atoms with Crippen LogP contribution in [0.5, 0.6) is 5.75 Å². The number of anilines is 2. The van der Waals surface area contributed by atoms with Crippen molar-refractivity contribution >= 4 is 17.6 Å². The molecular formula is C30H43N5O3. The predicted molar refractivity (Wildman–Crippen MR) is 151 cm³/mol. The van der Waals surface area contributed by atoms with E-state index < -0.39 is 5.60 Å². The van der Waals surface area contributed by atoms with Gasteiger partial charge in [-0.05, 0) is 95.2 Å². The van der Waals surface area contributed by atoms with Crippen LogP contribution in [0.15, 0.2) is 18.5 Å². The minimum Gasteiger partial charge on any atom is -0.488 e. The highest BCUT2D eigenvalue weighted by atomic mass is 16.6. The zero-order valence-corrected chi connectivity index (χ0v) is 23.6. The van der Waals surface area contributed by atoms with Gasteiger partial charge in [0, 0.05) is 30.3 Å². The first kappa shape index (κ1) is 26.6. The molecule has 2 aromatic rings. The molecule has 0 unspecified atom stereocenters. The highest BCUT2D eigenvalue weighted by Gasteiger charge is 2.38. The van der Waals surface area contributed by atoms with Gasteiger partial charge < -0.3 is 25.4 Å². The molecule has 1 aliphatic heterocycles. The molecule has 8 nitrogen and oxygen atoms in total. The number of nitrogens with one attached hydrogen (secondary N) is 1. The van der Waals surface area contributed by atoms with Crippen molar-refractivity contribution in [2.45, 2.75) is 109 Å². The Hall–Kier alpha value is -3.03. The van der Waals surface area contributed by atoms with E-state index in [1.165, 1.54) is 30.5 Å². The van der Waals surface area contributed by atoms with Crippen LogP contribution >= 0.6 is 0 Å². The second kappa shape index (κ2) is 10.3. The Morgan fingerprint density at radius 1 is 1.08 bits per heavy atom. The second-order valence-corrected chi connectivity index (χ2v) is 12.8. The molecule has 1 saturated carbocycles. The molecule has 5 rings (SSSR count). The first-order valence-corrected chi connectivity index (χ1v) is 14.2. The maximum atomic E-state index is 12.2. The molecule has 3 N–H and O–H groups in total. The molecule has 0 spiro atoms. The lowest BCUT2D eigenvalue weighted by atomic mass is 9.71. The molecule has 2 fully saturated rings. The summed E-state index contributed by atoms with van der Waals surface area (Å²) in [4.78, 5) is 23.8. The number of ether oxygens (including phenoxy) is 2. The molecule has 206 valence electrons. The molecule has 1 aromatic heterocycles. The summed E-state index contributed by atoms with van der Waals surface area (Å²) in [6.45, 7) is 12.2. The minimum absolute atomic E-state index is 0.120. The monoisotopic (exact) mass is 521 g/mol. The van der Waals surface area contributed by atoms with Gasteiger partial charge in [-0.2, -0.15) is 0 Å². The van der Waals surface area contributed by atoms with Crippen molar-refractivity contribution in [1.82, 2.24) is 15.3 Å². The van der Waals surface area contributed by atoms with Gasteiger partial charge in [0.25, 0.3) is 0 Å². The molecule has 2 aliphatic carbocycles. The molecule has 0 bridgehead atoms. The molecule has 0 radical (unpaired) electrons. The fraction of sp³-hybridized carbons (Fsp3) is 0.633. The maximum Gasteiger partial charge on any atom is 0.407 e. The number of carbonyl (C=O) groups excluding carboxylic acids is 1. The summed E-state index contributed by atoms with van der Waals surface area (Å²) >= 11 is 0. The summed E-state index contributed by atoms with van der Waals surface area (Å²) in [7, 11) is 0. The van der Waals surface area contributed by atoms with Crippen LogP contribution in [0.1, 0.15) is 90.7 Å². The van der Waals surface area contributed by atoms with Crippen molar-refractivity contribution in [1.29, 1.82) is 0 Å². The van der Waals surface area contributed by atoms with E-state index in [-0.39, 0.29) is 23.7 Å². The van der Waals surface area contributed by atoms with Crippen molar-refractivity contribution in [2.75, 3.05) is 23.7 Å². The van der Waals surface area contributed by atoms with Crippen LogP contribution in [0.2, 0.25) is 0 Å². The Labute approximate surface area is 226 Å². The van der Waals surface area contributed by atoms with Crippen LogP contribution in [0, 0.1) is 0 Å². The molecular weight excluding hydrogens is 478 g/mol. The molecule has 8 heteroatoms. The molecule has 0 atom stereocenters. The summed E-state index contributed by atoms with van der Waals surface area (Å²) in [5, 5.41) is 3.04. The number of benzene rings is 1. The summed E-state index contributed by atoms with van der Waals surface area (Å²) in [6, 6.07) is 4.42. The van der Waals surface area contributed by atoms with E-state index in [2.05, 4.69) is 41.2 Å². The standard InChI is InChI=1S/C30H43N5O3/c1-29(2,3)38-28(36)34-19-9-11-20(12-10-19)37-23-14-13-21-22(26(23)35-15-7-6-8-16-35)17-30(4,5)24-25(21)32-18-33-27(24)31/h13-14,18-20H,6-12,15-17H2,1-5H3,(H,34,36)(H2,31,32,33). The van der Waals surface area contributed by atoms with Crippen LogP contribution in [-0.4, -0.2) is 46.9 Å². The van der Waals surface area contributed by atoms with Gasteiger partial charge in [0.15, 0.2) is 0 Å². The summed E-state index contributed by atoms with van der Waals surface area (Å²) in [5.74, 6) is 1.54. The van der Waals surface area contributed by atoms with Gasteiger partial charge in [-0.1, -0.05) is 13.8 Å². The van der Waals surface area contributed by atoms with Crippen molar-refractivity contribution in [3.05, 3.63) is 29.6 Å². The summed E-state index contributed by atoms with van der Waals surface area (Å²) in [5.41, 5.74) is 11.4. The molecule has 38 heavy (non-hydrogen) atoms. The van der Waals surface area contributed by atoms with E-state index in [4.69, 9.17) is 20.2 Å². The number of nitrogens with zero attached hydrogens (tertiary/aromatic N) is 3. The predicted octanol–water partition coefficient (Wildman–Crippen LogP) is 5.76. The smallest absolute Gasteiger partial charge is 0.407 e. The number of rotatable bonds is 4. The Bertz CT molecular complexity index is 1180. The first-order chi connectivity index (χ1) is 18.0. The zero-order valence-electron chi connectivity index (χ0n) is 23.6. The van der Waals surface area contributed by atoms with E-state index in [1.807, 2.05) is 20.8 Å². The highest BCUT2D eigenvalue weighted by molar-refractivity contribution is 5.83. The fourth-order valence-electron chi connectivity index (χ4n) is 6.35. The molecule has 2 heterocycles. The lowest BCUT2D eigenvalue weighted by Gasteiger charge is -2.39. The third-order valence-corrected chi connectivity index (χ3v) is 8.03. The van der Waals surface area contributed by atoms with Gasteiger partial charge >= 0.3 is 6.09 Å². The van der Waals surface area contributed by atoms with Gasteiger partial charge in [0.05, 0.1) is 17.5 Å². The van der Waals surface area contributed by atoms with Gasteiger partial charge in [-0.15, -0.1) is 0 Å². The lowest BCUT2D eigenvalue weighted by Crippen LogP contribution is -2.42. The number of amides is 1. The third-order valence-electron chi connectivity index (χ3n) is 8.03. The number of fused-ring (bicyclic) bond motifs is 3. The topological polar surface area (TPSA) is 103 Å². The number of piperidine rings is 1. The van der Waals surface area contributed by atoms with E-state index >= 15 is 0 Å². The van der Waals surface area contributed by atoms with Crippen LogP contribution in [0.25, 0.3) is 11.3 Å². The van der Waals surface area contributed by atoms with E-state index in [9.17, 15) is 4.79 Å². The van der Waals surface area contributed by atoms with Crippen molar-refractivity contribution in [3.63, 3.8) is 0 Å². The Kier molecular flexibility index (Phi) is 7.18. The Balaban J connectivity index is 1.39. The lowest BCUT2D eigenvalue weighted by molar-refractivity contribution is 0.0471. The fourth-order valence-corrected chi connectivity index (χ4v) is 6.35. The van der Waals surface area contributed by atoms with Crippen molar-refractivity contribution in [2.24, 2.45) is 0 Å².